The number of H-pyrrole nitrogens is 1. The standard InChI is InChI=1S/C23H20FN3O2S/c24-14-6-5-7-15(12-14)29-13-20(28)27-23-21(16-8-1-4-11-19(16)30-23)22-25-17-9-2-3-10-18(17)26-22/h2-3,5-7,9-10,12H,1,4,8,11,13H2,(H,25,26)(H,27,28). The minimum absolute atomic E-state index is 0.189. The van der Waals surface area contributed by atoms with E-state index in [1.165, 1.54) is 22.6 Å². The lowest BCUT2D eigenvalue weighted by Gasteiger charge is -2.12. The summed E-state index contributed by atoms with van der Waals surface area (Å²) >= 11 is 1.61. The smallest absolute Gasteiger partial charge is 0.262 e. The number of hydrogen-bond acceptors (Lipinski definition) is 4. The number of halogens is 1. The number of thiophene rings is 1. The Balaban J connectivity index is 1.43. The number of carbonyl (C=O) groups is 1. The molecule has 1 aliphatic carbocycles. The van der Waals surface area contributed by atoms with Crippen molar-refractivity contribution in [2.75, 3.05) is 11.9 Å². The van der Waals surface area contributed by atoms with Gasteiger partial charge in [0, 0.05) is 10.9 Å². The van der Waals surface area contributed by atoms with E-state index in [1.807, 2.05) is 24.3 Å². The van der Waals surface area contributed by atoms with Gasteiger partial charge in [-0.2, -0.15) is 0 Å². The molecule has 5 nitrogen and oxygen atoms in total. The number of benzene rings is 2. The summed E-state index contributed by atoms with van der Waals surface area (Å²) in [5.74, 6) is 0.423. The van der Waals surface area contributed by atoms with E-state index in [9.17, 15) is 9.18 Å². The first-order chi connectivity index (χ1) is 14.7. The summed E-state index contributed by atoms with van der Waals surface area (Å²) in [4.78, 5) is 22.0. The summed E-state index contributed by atoms with van der Waals surface area (Å²) in [6, 6.07) is 13.7. The van der Waals surface area contributed by atoms with Gasteiger partial charge in [-0.1, -0.05) is 18.2 Å². The van der Waals surface area contributed by atoms with E-state index >= 15 is 0 Å². The van der Waals surface area contributed by atoms with E-state index in [2.05, 4.69) is 10.3 Å². The Hall–Kier alpha value is -3.19. The van der Waals surface area contributed by atoms with Crippen molar-refractivity contribution in [2.24, 2.45) is 0 Å². The molecule has 152 valence electrons. The molecule has 2 aromatic carbocycles. The normalized spacial score (nSPS) is 13.2. The topological polar surface area (TPSA) is 67.0 Å². The minimum Gasteiger partial charge on any atom is -0.484 e. The molecule has 0 atom stereocenters. The van der Waals surface area contributed by atoms with Gasteiger partial charge in [-0.25, -0.2) is 9.37 Å². The molecular weight excluding hydrogens is 401 g/mol. The van der Waals surface area contributed by atoms with Gasteiger partial charge in [0.15, 0.2) is 6.61 Å². The molecule has 0 fully saturated rings. The first kappa shape index (κ1) is 18.8. The maximum Gasteiger partial charge on any atom is 0.262 e. The molecule has 0 unspecified atom stereocenters. The first-order valence-corrected chi connectivity index (χ1v) is 10.8. The molecule has 0 bridgehead atoms. The van der Waals surface area contributed by atoms with Crippen molar-refractivity contribution >= 4 is 33.3 Å². The van der Waals surface area contributed by atoms with Crippen LogP contribution in [0.15, 0.2) is 48.5 Å². The van der Waals surface area contributed by atoms with E-state index < -0.39 is 5.82 Å². The number of aromatic nitrogens is 2. The highest BCUT2D eigenvalue weighted by molar-refractivity contribution is 7.17. The Kier molecular flexibility index (Phi) is 4.96. The number of hydrogen-bond donors (Lipinski definition) is 2. The molecular formula is C23H20FN3O2S. The lowest BCUT2D eigenvalue weighted by molar-refractivity contribution is -0.118. The number of nitrogens with one attached hydrogen (secondary N) is 2. The van der Waals surface area contributed by atoms with Gasteiger partial charge in [-0.3, -0.25) is 4.79 Å². The van der Waals surface area contributed by atoms with Gasteiger partial charge >= 0.3 is 0 Å². The molecule has 0 saturated carbocycles. The predicted molar refractivity (Wildman–Crippen MR) is 117 cm³/mol. The number of imidazole rings is 1. The molecule has 0 radical (unpaired) electrons. The summed E-state index contributed by atoms with van der Waals surface area (Å²) in [7, 11) is 0. The molecule has 0 aliphatic heterocycles. The van der Waals surface area contributed by atoms with Crippen LogP contribution in [-0.2, 0) is 17.6 Å². The Morgan fingerprint density at radius 1 is 1.17 bits per heavy atom. The van der Waals surface area contributed by atoms with Crippen LogP contribution in [0.1, 0.15) is 23.3 Å². The Morgan fingerprint density at radius 3 is 2.90 bits per heavy atom. The van der Waals surface area contributed by atoms with Crippen LogP contribution < -0.4 is 10.1 Å². The van der Waals surface area contributed by atoms with Gasteiger partial charge in [-0.15, -0.1) is 11.3 Å². The van der Waals surface area contributed by atoms with Crippen LogP contribution in [0.25, 0.3) is 22.4 Å². The average molecular weight is 421 g/mol. The Labute approximate surface area is 176 Å². The van der Waals surface area contributed by atoms with Gasteiger partial charge in [0.2, 0.25) is 0 Å². The lowest BCUT2D eigenvalue weighted by Crippen LogP contribution is -2.20. The van der Waals surface area contributed by atoms with Gasteiger partial charge in [0.1, 0.15) is 22.4 Å². The monoisotopic (exact) mass is 421 g/mol. The van der Waals surface area contributed by atoms with Crippen molar-refractivity contribution < 1.29 is 13.9 Å². The zero-order valence-electron chi connectivity index (χ0n) is 16.2. The maximum atomic E-state index is 13.3. The maximum absolute atomic E-state index is 13.3. The third kappa shape index (κ3) is 3.68. The molecule has 7 heteroatoms. The number of ether oxygens (including phenoxy) is 1. The second-order valence-electron chi connectivity index (χ2n) is 7.31. The highest BCUT2D eigenvalue weighted by Gasteiger charge is 2.25. The molecule has 2 N–H and O–H groups in total. The molecule has 30 heavy (non-hydrogen) atoms. The van der Waals surface area contributed by atoms with E-state index in [-0.39, 0.29) is 12.5 Å². The van der Waals surface area contributed by atoms with E-state index in [0.717, 1.165) is 53.1 Å². The van der Waals surface area contributed by atoms with Crippen LogP contribution in [0.5, 0.6) is 5.75 Å². The molecule has 0 saturated heterocycles. The van der Waals surface area contributed by atoms with Gasteiger partial charge < -0.3 is 15.0 Å². The van der Waals surface area contributed by atoms with Crippen LogP contribution >= 0.6 is 11.3 Å². The molecule has 2 heterocycles. The van der Waals surface area contributed by atoms with Crippen molar-refractivity contribution in [2.45, 2.75) is 25.7 Å². The number of rotatable bonds is 5. The summed E-state index contributed by atoms with van der Waals surface area (Å²) in [6.45, 7) is -0.189. The number of carbonyl (C=O) groups excluding carboxylic acids is 1. The number of nitrogens with zero attached hydrogens (tertiary/aromatic N) is 1. The highest BCUT2D eigenvalue weighted by Crippen LogP contribution is 2.43. The van der Waals surface area contributed by atoms with E-state index in [0.29, 0.717) is 5.75 Å². The molecule has 1 amide bonds. The second kappa shape index (κ2) is 7.91. The molecule has 0 spiro atoms. The van der Waals surface area contributed by atoms with Crippen LogP contribution in [0, 0.1) is 5.82 Å². The van der Waals surface area contributed by atoms with Crippen LogP contribution in [0.3, 0.4) is 0 Å². The van der Waals surface area contributed by atoms with Crippen molar-refractivity contribution in [3.05, 3.63) is 64.8 Å². The number of para-hydroxylation sites is 2. The summed E-state index contributed by atoms with van der Waals surface area (Å²) in [5, 5.41) is 3.78. The number of amides is 1. The van der Waals surface area contributed by atoms with Crippen molar-refractivity contribution in [3.63, 3.8) is 0 Å². The third-order valence-electron chi connectivity index (χ3n) is 5.22. The van der Waals surface area contributed by atoms with Crippen LogP contribution in [0.2, 0.25) is 0 Å². The summed E-state index contributed by atoms with van der Waals surface area (Å²) < 4.78 is 18.8. The SMILES string of the molecule is O=C(COc1cccc(F)c1)Nc1sc2c(c1-c1nc3ccccc3[nH]1)CCCC2. The molecule has 1 aliphatic rings. The van der Waals surface area contributed by atoms with Crippen molar-refractivity contribution in [3.8, 4) is 17.1 Å². The van der Waals surface area contributed by atoms with Crippen molar-refractivity contribution in [1.29, 1.82) is 0 Å². The quantitative estimate of drug-likeness (QED) is 0.458. The fourth-order valence-electron chi connectivity index (χ4n) is 3.84. The molecule has 2 aromatic heterocycles. The fraction of sp³-hybridized carbons (Fsp3) is 0.217. The second-order valence-corrected chi connectivity index (χ2v) is 8.42. The third-order valence-corrected chi connectivity index (χ3v) is 6.42. The van der Waals surface area contributed by atoms with Gasteiger partial charge in [0.05, 0.1) is 16.6 Å². The molecule has 4 aromatic rings. The van der Waals surface area contributed by atoms with Crippen molar-refractivity contribution in [1.82, 2.24) is 9.97 Å². The largest absolute Gasteiger partial charge is 0.484 e. The average Bonchev–Trinajstić information content (AvgIpc) is 3.32. The lowest BCUT2D eigenvalue weighted by atomic mass is 9.95. The predicted octanol–water partition coefficient (Wildman–Crippen LogP) is 5.33. The summed E-state index contributed by atoms with van der Waals surface area (Å²) in [6.07, 6.45) is 4.28. The fourth-order valence-corrected chi connectivity index (χ4v) is 5.15. The number of fused-ring (bicyclic) bond motifs is 2. The molecule has 5 rings (SSSR count). The summed E-state index contributed by atoms with van der Waals surface area (Å²) in [5.41, 5.74) is 4.11. The zero-order chi connectivity index (χ0) is 20.5. The minimum atomic E-state index is -0.397. The number of aryl methyl sites for hydroxylation is 1. The highest BCUT2D eigenvalue weighted by atomic mass is 32.1. The number of aromatic amines is 1. The van der Waals surface area contributed by atoms with E-state index in [4.69, 9.17) is 9.72 Å². The van der Waals surface area contributed by atoms with Gasteiger partial charge in [0.25, 0.3) is 5.91 Å². The van der Waals surface area contributed by atoms with Crippen LogP contribution in [-0.4, -0.2) is 22.5 Å². The number of anilines is 1. The first-order valence-electron chi connectivity index (χ1n) is 9.95. The Bertz CT molecular complexity index is 1200. The Morgan fingerprint density at radius 2 is 2.03 bits per heavy atom. The van der Waals surface area contributed by atoms with E-state index in [1.54, 1.807) is 23.5 Å². The zero-order valence-corrected chi connectivity index (χ0v) is 17.0. The van der Waals surface area contributed by atoms with Gasteiger partial charge in [-0.05, 0) is 55.5 Å². The van der Waals surface area contributed by atoms with Crippen LogP contribution in [0.4, 0.5) is 9.39 Å².